The number of benzene rings is 1. The van der Waals surface area contributed by atoms with Gasteiger partial charge in [-0.25, -0.2) is 9.59 Å². The molecule has 0 aromatic heterocycles. The van der Waals surface area contributed by atoms with E-state index >= 15 is 0 Å². The highest BCUT2D eigenvalue weighted by Gasteiger charge is 2.09. The monoisotopic (exact) mass is 363 g/mol. The molecule has 0 saturated heterocycles. The highest BCUT2D eigenvalue weighted by atomic mass is 16.5. The van der Waals surface area contributed by atoms with Gasteiger partial charge in [-0.2, -0.15) is 0 Å². The number of ether oxygens (including phenoxy) is 1. The Morgan fingerprint density at radius 1 is 1.00 bits per heavy atom. The maximum absolute atomic E-state index is 11.8. The highest BCUT2D eigenvalue weighted by molar-refractivity contribution is 5.74. The molecule has 0 aliphatic carbocycles. The molecule has 1 aromatic rings. The van der Waals surface area contributed by atoms with Gasteiger partial charge in [0, 0.05) is 18.6 Å². The molecule has 1 aromatic carbocycles. The van der Waals surface area contributed by atoms with Gasteiger partial charge in [-0.3, -0.25) is 0 Å². The first kappa shape index (κ1) is 21.8. The van der Waals surface area contributed by atoms with E-state index in [0.29, 0.717) is 6.54 Å². The Bertz CT molecular complexity index is 522. The lowest BCUT2D eigenvalue weighted by molar-refractivity contribution is 0.139. The second kappa shape index (κ2) is 13.0. The standard InChI is InChI=1S/C20H33N3O3/c1-4-10-16(2)22-19(24)23-17(3)11-8-9-14-21-20(25)26-15-18-12-6-5-7-13-18/h5-7,12-13,16-17H,4,8-11,14-15H2,1-3H3,(H,21,25)(H2,22,23,24)/t16-,17?/m1/s1. The Balaban J connectivity index is 2.03. The van der Waals surface area contributed by atoms with E-state index in [-0.39, 0.29) is 24.7 Å². The van der Waals surface area contributed by atoms with Gasteiger partial charge in [-0.15, -0.1) is 0 Å². The first-order valence-electron chi connectivity index (χ1n) is 9.52. The number of carbonyl (C=O) groups excluding carboxylic acids is 2. The van der Waals surface area contributed by atoms with Gasteiger partial charge in [0.05, 0.1) is 0 Å². The molecule has 0 aliphatic rings. The van der Waals surface area contributed by atoms with Gasteiger partial charge in [-0.1, -0.05) is 43.7 Å². The summed E-state index contributed by atoms with van der Waals surface area (Å²) in [6.45, 7) is 6.95. The second-order valence-electron chi connectivity index (χ2n) is 6.69. The summed E-state index contributed by atoms with van der Waals surface area (Å²) in [5.74, 6) is 0. The highest BCUT2D eigenvalue weighted by Crippen LogP contribution is 2.02. The van der Waals surface area contributed by atoms with E-state index < -0.39 is 6.09 Å². The molecule has 26 heavy (non-hydrogen) atoms. The first-order valence-corrected chi connectivity index (χ1v) is 9.52. The molecule has 0 spiro atoms. The lowest BCUT2D eigenvalue weighted by Crippen LogP contribution is -2.44. The molecule has 3 N–H and O–H groups in total. The van der Waals surface area contributed by atoms with E-state index in [0.717, 1.165) is 37.7 Å². The van der Waals surface area contributed by atoms with Crippen LogP contribution in [0.15, 0.2) is 30.3 Å². The lowest BCUT2D eigenvalue weighted by Gasteiger charge is -2.17. The normalized spacial score (nSPS) is 12.7. The molecule has 1 unspecified atom stereocenters. The molecule has 2 atom stereocenters. The number of hydrogen-bond acceptors (Lipinski definition) is 3. The van der Waals surface area contributed by atoms with Crippen molar-refractivity contribution in [2.24, 2.45) is 0 Å². The van der Waals surface area contributed by atoms with Crippen LogP contribution in [-0.2, 0) is 11.3 Å². The van der Waals surface area contributed by atoms with Crippen molar-refractivity contribution in [3.05, 3.63) is 35.9 Å². The van der Waals surface area contributed by atoms with Crippen molar-refractivity contribution in [1.29, 1.82) is 0 Å². The minimum Gasteiger partial charge on any atom is -0.445 e. The molecule has 0 saturated carbocycles. The topological polar surface area (TPSA) is 79.5 Å². The Morgan fingerprint density at radius 3 is 2.31 bits per heavy atom. The molecular formula is C20H33N3O3. The largest absolute Gasteiger partial charge is 0.445 e. The molecule has 0 heterocycles. The molecular weight excluding hydrogens is 330 g/mol. The summed E-state index contributed by atoms with van der Waals surface area (Å²) in [5, 5.41) is 8.62. The van der Waals surface area contributed by atoms with Crippen LogP contribution in [0.2, 0.25) is 0 Å². The van der Waals surface area contributed by atoms with Crippen molar-refractivity contribution in [3.63, 3.8) is 0 Å². The summed E-state index contributed by atoms with van der Waals surface area (Å²) in [6, 6.07) is 9.78. The van der Waals surface area contributed by atoms with E-state index in [1.54, 1.807) is 0 Å². The van der Waals surface area contributed by atoms with Gasteiger partial charge in [0.15, 0.2) is 0 Å². The number of unbranched alkanes of at least 4 members (excludes halogenated alkanes) is 1. The fourth-order valence-corrected chi connectivity index (χ4v) is 2.61. The van der Waals surface area contributed by atoms with E-state index in [2.05, 4.69) is 22.9 Å². The van der Waals surface area contributed by atoms with Crippen molar-refractivity contribution in [2.45, 2.75) is 71.6 Å². The van der Waals surface area contributed by atoms with Gasteiger partial charge >= 0.3 is 12.1 Å². The molecule has 6 heteroatoms. The minimum absolute atomic E-state index is 0.105. The zero-order chi connectivity index (χ0) is 19.2. The van der Waals surface area contributed by atoms with Crippen LogP contribution in [-0.4, -0.2) is 30.8 Å². The number of hydrogen-bond donors (Lipinski definition) is 3. The summed E-state index contributed by atoms with van der Waals surface area (Å²) >= 11 is 0. The maximum Gasteiger partial charge on any atom is 0.407 e. The van der Waals surface area contributed by atoms with Crippen LogP contribution in [0, 0.1) is 0 Å². The van der Waals surface area contributed by atoms with Crippen molar-refractivity contribution in [3.8, 4) is 0 Å². The van der Waals surface area contributed by atoms with Crippen LogP contribution in [0.25, 0.3) is 0 Å². The molecule has 3 amide bonds. The Labute approximate surface area is 157 Å². The Morgan fingerprint density at radius 2 is 1.65 bits per heavy atom. The summed E-state index contributed by atoms with van der Waals surface area (Å²) < 4.78 is 5.15. The summed E-state index contributed by atoms with van der Waals surface area (Å²) in [7, 11) is 0. The summed E-state index contributed by atoms with van der Waals surface area (Å²) in [5.41, 5.74) is 0.967. The van der Waals surface area contributed by atoms with Gasteiger partial charge in [0.25, 0.3) is 0 Å². The Hall–Kier alpha value is -2.24. The van der Waals surface area contributed by atoms with Crippen LogP contribution in [0.4, 0.5) is 9.59 Å². The van der Waals surface area contributed by atoms with Crippen LogP contribution in [0.5, 0.6) is 0 Å². The van der Waals surface area contributed by atoms with Gasteiger partial charge in [0.1, 0.15) is 6.61 Å². The quantitative estimate of drug-likeness (QED) is 0.521. The number of carbonyl (C=O) groups is 2. The average molecular weight is 364 g/mol. The average Bonchev–Trinajstić information content (AvgIpc) is 2.60. The number of nitrogens with one attached hydrogen (secondary N) is 3. The number of alkyl carbamates (subject to hydrolysis) is 1. The van der Waals surface area contributed by atoms with Gasteiger partial charge in [-0.05, 0) is 45.1 Å². The van der Waals surface area contributed by atoms with E-state index in [1.807, 2.05) is 44.2 Å². The predicted octanol–water partition coefficient (Wildman–Crippen LogP) is 3.96. The summed E-state index contributed by atoms with van der Waals surface area (Å²) in [6.07, 6.45) is 4.28. The summed E-state index contributed by atoms with van der Waals surface area (Å²) in [4.78, 5) is 23.4. The maximum atomic E-state index is 11.8. The molecule has 0 bridgehead atoms. The van der Waals surface area contributed by atoms with E-state index in [1.165, 1.54) is 0 Å². The van der Waals surface area contributed by atoms with E-state index in [4.69, 9.17) is 4.74 Å². The molecule has 1 rings (SSSR count). The zero-order valence-electron chi connectivity index (χ0n) is 16.2. The molecule has 6 nitrogen and oxygen atoms in total. The van der Waals surface area contributed by atoms with Crippen molar-refractivity contribution in [2.75, 3.05) is 6.54 Å². The van der Waals surface area contributed by atoms with Crippen LogP contribution < -0.4 is 16.0 Å². The van der Waals surface area contributed by atoms with Crippen molar-refractivity contribution < 1.29 is 14.3 Å². The minimum atomic E-state index is -0.399. The van der Waals surface area contributed by atoms with Crippen LogP contribution >= 0.6 is 0 Å². The second-order valence-corrected chi connectivity index (χ2v) is 6.69. The zero-order valence-corrected chi connectivity index (χ0v) is 16.2. The third kappa shape index (κ3) is 10.6. The molecule has 146 valence electrons. The van der Waals surface area contributed by atoms with Gasteiger partial charge in [0.2, 0.25) is 0 Å². The Kier molecular flexibility index (Phi) is 10.9. The smallest absolute Gasteiger partial charge is 0.407 e. The number of rotatable bonds is 11. The first-order chi connectivity index (χ1) is 12.5. The molecule has 0 fully saturated rings. The molecule has 0 radical (unpaired) electrons. The van der Waals surface area contributed by atoms with Crippen LogP contribution in [0.3, 0.4) is 0 Å². The van der Waals surface area contributed by atoms with Crippen LogP contribution in [0.1, 0.15) is 58.4 Å². The fraction of sp³-hybridized carbons (Fsp3) is 0.600. The third-order valence-corrected chi connectivity index (χ3v) is 4.02. The fourth-order valence-electron chi connectivity index (χ4n) is 2.61. The molecule has 0 aliphatic heterocycles. The van der Waals surface area contributed by atoms with Crippen molar-refractivity contribution in [1.82, 2.24) is 16.0 Å². The predicted molar refractivity (Wildman–Crippen MR) is 104 cm³/mol. The number of amides is 3. The van der Waals surface area contributed by atoms with Crippen molar-refractivity contribution >= 4 is 12.1 Å². The third-order valence-electron chi connectivity index (χ3n) is 4.02. The van der Waals surface area contributed by atoms with E-state index in [9.17, 15) is 9.59 Å². The lowest BCUT2D eigenvalue weighted by atomic mass is 10.1. The van der Waals surface area contributed by atoms with Gasteiger partial charge < -0.3 is 20.7 Å². The SMILES string of the molecule is CCC[C@@H](C)NC(=O)NC(C)CCCCNC(=O)OCc1ccccc1. The number of urea groups is 1.